The average molecular weight is 233 g/mol. The number of imidazole rings is 1. The summed E-state index contributed by atoms with van der Waals surface area (Å²) in [7, 11) is 0. The number of hydrogen-bond acceptors (Lipinski definition) is 2. The lowest BCUT2D eigenvalue weighted by molar-refractivity contribution is 0.573. The molecule has 0 fully saturated rings. The molecule has 2 aromatic heterocycles. The molecule has 0 aliphatic carbocycles. The van der Waals surface area contributed by atoms with E-state index in [0.717, 1.165) is 23.6 Å². The minimum Gasteiger partial charge on any atom is -0.291 e. The number of aryl methyl sites for hydroxylation is 1. The van der Waals surface area contributed by atoms with Crippen LogP contribution >= 0.6 is 0 Å². The maximum absolute atomic E-state index is 4.54. The fraction of sp³-hybridized carbons (Fsp3) is 0.571. The maximum Gasteiger partial charge on any atom is 0.234 e. The van der Waals surface area contributed by atoms with Gasteiger partial charge in [-0.25, -0.2) is 9.97 Å². The number of aromatic nitrogens is 3. The van der Waals surface area contributed by atoms with E-state index in [1.165, 1.54) is 0 Å². The summed E-state index contributed by atoms with van der Waals surface area (Å²) in [4.78, 5) is 9.02. The third-order valence-electron chi connectivity index (χ3n) is 2.51. The molecule has 0 aliphatic rings. The summed E-state index contributed by atoms with van der Waals surface area (Å²) in [5, 5.41) is 0. The van der Waals surface area contributed by atoms with Crippen molar-refractivity contribution in [1.29, 1.82) is 0 Å². The van der Waals surface area contributed by atoms with Gasteiger partial charge in [-0.3, -0.25) is 4.40 Å². The summed E-state index contributed by atoms with van der Waals surface area (Å²) in [6.45, 7) is 12.6. The third kappa shape index (κ3) is 3.05. The Bertz CT molecular complexity index is 478. The Balaban J connectivity index is 0.000000686. The van der Waals surface area contributed by atoms with E-state index in [2.05, 4.69) is 43.9 Å². The van der Waals surface area contributed by atoms with Crippen molar-refractivity contribution in [1.82, 2.24) is 14.4 Å². The molecule has 17 heavy (non-hydrogen) atoms. The molecule has 2 aromatic rings. The van der Waals surface area contributed by atoms with Crippen LogP contribution < -0.4 is 0 Å². The van der Waals surface area contributed by atoms with Crippen LogP contribution in [-0.4, -0.2) is 14.4 Å². The molecule has 0 N–H and O–H groups in total. The minimum atomic E-state index is 0.0834. The van der Waals surface area contributed by atoms with Crippen LogP contribution in [0.1, 0.15) is 52.9 Å². The van der Waals surface area contributed by atoms with E-state index in [4.69, 9.17) is 0 Å². The van der Waals surface area contributed by atoms with Gasteiger partial charge in [-0.15, -0.1) is 0 Å². The molecule has 0 aliphatic heterocycles. The number of fused-ring (bicyclic) bond motifs is 1. The van der Waals surface area contributed by atoms with E-state index in [9.17, 15) is 0 Å². The van der Waals surface area contributed by atoms with E-state index in [0.29, 0.717) is 0 Å². The van der Waals surface area contributed by atoms with Gasteiger partial charge < -0.3 is 0 Å². The normalized spacial score (nSPS) is 11.2. The standard InChI is InChI=1S/C12H17N3.C2H6/c1-5-9-6-7-15-8-10(12(2,3)4)14-11(15)13-9;1-2/h6-8H,5H2,1-4H3;1-2H3. The van der Waals surface area contributed by atoms with Crippen LogP contribution in [0.3, 0.4) is 0 Å². The summed E-state index contributed by atoms with van der Waals surface area (Å²) in [6, 6.07) is 2.04. The third-order valence-corrected chi connectivity index (χ3v) is 2.51. The lowest BCUT2D eigenvalue weighted by atomic mass is 9.93. The zero-order valence-corrected chi connectivity index (χ0v) is 11.8. The average Bonchev–Trinajstić information content (AvgIpc) is 2.74. The zero-order chi connectivity index (χ0) is 13.1. The fourth-order valence-corrected chi connectivity index (χ4v) is 1.47. The lowest BCUT2D eigenvalue weighted by Crippen LogP contribution is -2.11. The highest BCUT2D eigenvalue weighted by molar-refractivity contribution is 5.33. The number of rotatable bonds is 1. The first-order valence-corrected chi connectivity index (χ1v) is 6.36. The SMILES string of the molecule is CC.CCc1ccn2cc(C(C)(C)C)nc2n1. The highest BCUT2D eigenvalue weighted by Crippen LogP contribution is 2.20. The van der Waals surface area contributed by atoms with Gasteiger partial charge in [-0.05, 0) is 12.5 Å². The predicted octanol–water partition coefficient (Wildman–Crippen LogP) is 3.62. The van der Waals surface area contributed by atoms with Gasteiger partial charge in [0.15, 0.2) is 0 Å². The Morgan fingerprint density at radius 1 is 1.18 bits per heavy atom. The highest BCUT2D eigenvalue weighted by Gasteiger charge is 2.17. The topological polar surface area (TPSA) is 30.2 Å². The van der Waals surface area contributed by atoms with Gasteiger partial charge in [0.2, 0.25) is 5.78 Å². The molecule has 0 saturated heterocycles. The molecule has 0 bridgehead atoms. The van der Waals surface area contributed by atoms with Crippen LogP contribution in [0.15, 0.2) is 18.5 Å². The van der Waals surface area contributed by atoms with Crippen LogP contribution in [0.25, 0.3) is 5.78 Å². The summed E-state index contributed by atoms with van der Waals surface area (Å²) in [6.07, 6.45) is 5.04. The Labute approximate surface area is 104 Å². The molecular formula is C14H23N3. The molecule has 0 unspecified atom stereocenters. The van der Waals surface area contributed by atoms with E-state index < -0.39 is 0 Å². The van der Waals surface area contributed by atoms with Crippen molar-refractivity contribution in [2.45, 2.75) is 53.4 Å². The van der Waals surface area contributed by atoms with Crippen molar-refractivity contribution in [3.63, 3.8) is 0 Å². The second-order valence-electron chi connectivity index (χ2n) is 4.86. The first kappa shape index (κ1) is 13.7. The Morgan fingerprint density at radius 2 is 1.82 bits per heavy atom. The summed E-state index contributed by atoms with van der Waals surface area (Å²) in [5.74, 6) is 0.805. The van der Waals surface area contributed by atoms with Crippen molar-refractivity contribution in [2.24, 2.45) is 0 Å². The minimum absolute atomic E-state index is 0.0834. The Hall–Kier alpha value is -1.38. The van der Waals surface area contributed by atoms with Gasteiger partial charge in [-0.2, -0.15) is 0 Å². The molecule has 3 nitrogen and oxygen atoms in total. The van der Waals surface area contributed by atoms with E-state index in [1.807, 2.05) is 30.5 Å². The number of nitrogens with zero attached hydrogens (tertiary/aromatic N) is 3. The molecule has 94 valence electrons. The van der Waals surface area contributed by atoms with Crippen LogP contribution in [-0.2, 0) is 11.8 Å². The van der Waals surface area contributed by atoms with Gasteiger partial charge in [0.25, 0.3) is 0 Å². The summed E-state index contributed by atoms with van der Waals surface area (Å²) in [5.41, 5.74) is 2.26. The molecule has 2 rings (SSSR count). The largest absolute Gasteiger partial charge is 0.291 e. The van der Waals surface area contributed by atoms with E-state index >= 15 is 0 Å². The fourth-order valence-electron chi connectivity index (χ4n) is 1.47. The Kier molecular flexibility index (Phi) is 4.27. The van der Waals surface area contributed by atoms with E-state index in [1.54, 1.807) is 0 Å². The van der Waals surface area contributed by atoms with Crippen molar-refractivity contribution in [3.05, 3.63) is 29.8 Å². The van der Waals surface area contributed by atoms with Crippen LogP contribution in [0.4, 0.5) is 0 Å². The number of hydrogen-bond donors (Lipinski definition) is 0. The van der Waals surface area contributed by atoms with E-state index in [-0.39, 0.29) is 5.41 Å². The van der Waals surface area contributed by atoms with Gasteiger partial charge in [0.1, 0.15) is 0 Å². The summed E-state index contributed by atoms with van der Waals surface area (Å²) >= 11 is 0. The summed E-state index contributed by atoms with van der Waals surface area (Å²) < 4.78 is 1.99. The van der Waals surface area contributed by atoms with Crippen LogP contribution in [0.5, 0.6) is 0 Å². The van der Waals surface area contributed by atoms with Gasteiger partial charge >= 0.3 is 0 Å². The van der Waals surface area contributed by atoms with Gasteiger partial charge in [-0.1, -0.05) is 41.5 Å². The molecule has 0 aromatic carbocycles. The zero-order valence-electron chi connectivity index (χ0n) is 11.8. The Morgan fingerprint density at radius 3 is 2.35 bits per heavy atom. The second kappa shape index (κ2) is 5.30. The highest BCUT2D eigenvalue weighted by atomic mass is 15.1. The molecule has 2 heterocycles. The van der Waals surface area contributed by atoms with Crippen LogP contribution in [0, 0.1) is 0 Å². The predicted molar refractivity (Wildman–Crippen MR) is 72.4 cm³/mol. The molecule has 3 heteroatoms. The van der Waals surface area contributed by atoms with Crippen molar-refractivity contribution in [3.8, 4) is 0 Å². The van der Waals surface area contributed by atoms with Crippen molar-refractivity contribution in [2.75, 3.05) is 0 Å². The molecule has 0 radical (unpaired) electrons. The quantitative estimate of drug-likeness (QED) is 0.753. The molecule has 0 atom stereocenters. The first-order chi connectivity index (χ1) is 8.00. The molecular weight excluding hydrogens is 210 g/mol. The van der Waals surface area contributed by atoms with Crippen molar-refractivity contribution < 1.29 is 0 Å². The molecule has 0 amide bonds. The maximum atomic E-state index is 4.54. The molecule has 0 spiro atoms. The monoisotopic (exact) mass is 233 g/mol. The lowest BCUT2D eigenvalue weighted by Gasteiger charge is -2.13. The first-order valence-electron chi connectivity index (χ1n) is 6.36. The smallest absolute Gasteiger partial charge is 0.234 e. The van der Waals surface area contributed by atoms with Gasteiger partial charge in [0.05, 0.1) is 5.69 Å². The van der Waals surface area contributed by atoms with Crippen LogP contribution in [0.2, 0.25) is 0 Å². The molecule has 0 saturated carbocycles. The second-order valence-corrected chi connectivity index (χ2v) is 4.86. The van der Waals surface area contributed by atoms with Gasteiger partial charge in [0, 0.05) is 23.5 Å². The van der Waals surface area contributed by atoms with Crippen molar-refractivity contribution >= 4 is 5.78 Å².